The van der Waals surface area contributed by atoms with E-state index >= 15 is 0 Å². The summed E-state index contributed by atoms with van der Waals surface area (Å²) in [7, 11) is -2.24. The van der Waals surface area contributed by atoms with Gasteiger partial charge in [0, 0.05) is 13.7 Å². The molecule has 0 atom stereocenters. The molecule has 0 fully saturated rings. The maximum atomic E-state index is 12.8. The standard InChI is InChI=1S/C13H15FN4O3S/c1-21-9-8-15-12-6-7-13(17-16-12)18-22(19,20)11-4-2-10(14)3-5-11/h2-7H,8-9H2,1H3,(H,15,16)(H,17,18). The number of hydrogen-bond acceptors (Lipinski definition) is 6. The molecule has 1 heterocycles. The summed E-state index contributed by atoms with van der Waals surface area (Å²) in [5.74, 6) is 0.0635. The number of benzene rings is 1. The Morgan fingerprint density at radius 1 is 1.09 bits per heavy atom. The fourth-order valence-electron chi connectivity index (χ4n) is 1.57. The van der Waals surface area contributed by atoms with Crippen molar-refractivity contribution < 1.29 is 17.5 Å². The van der Waals surface area contributed by atoms with Crippen LogP contribution < -0.4 is 10.0 Å². The molecule has 7 nitrogen and oxygen atoms in total. The van der Waals surface area contributed by atoms with E-state index in [0.29, 0.717) is 19.0 Å². The van der Waals surface area contributed by atoms with Gasteiger partial charge in [-0.2, -0.15) is 0 Å². The van der Waals surface area contributed by atoms with E-state index in [1.54, 1.807) is 13.2 Å². The van der Waals surface area contributed by atoms with Crippen LogP contribution in [0.5, 0.6) is 0 Å². The Labute approximate surface area is 127 Å². The van der Waals surface area contributed by atoms with Gasteiger partial charge >= 0.3 is 0 Å². The number of anilines is 2. The number of nitrogens with one attached hydrogen (secondary N) is 2. The molecule has 2 aromatic rings. The minimum absolute atomic E-state index is 0.0574. The van der Waals surface area contributed by atoms with Crippen LogP contribution in [0.4, 0.5) is 16.0 Å². The van der Waals surface area contributed by atoms with Crippen molar-refractivity contribution in [3.05, 3.63) is 42.2 Å². The summed E-state index contributed by atoms with van der Waals surface area (Å²) in [6, 6.07) is 7.55. The minimum atomic E-state index is -3.82. The molecule has 0 spiro atoms. The van der Waals surface area contributed by atoms with Gasteiger partial charge in [-0.3, -0.25) is 4.72 Å². The van der Waals surface area contributed by atoms with E-state index < -0.39 is 15.8 Å². The van der Waals surface area contributed by atoms with Crippen LogP contribution in [-0.2, 0) is 14.8 Å². The zero-order valence-corrected chi connectivity index (χ0v) is 12.6. The third-order valence-corrected chi connectivity index (χ3v) is 4.01. The van der Waals surface area contributed by atoms with Crippen molar-refractivity contribution >= 4 is 21.7 Å². The highest BCUT2D eigenvalue weighted by Gasteiger charge is 2.15. The van der Waals surface area contributed by atoms with E-state index in [0.717, 1.165) is 12.1 Å². The maximum Gasteiger partial charge on any atom is 0.263 e. The van der Waals surface area contributed by atoms with Crippen LogP contribution >= 0.6 is 0 Å². The lowest BCUT2D eigenvalue weighted by molar-refractivity contribution is 0.210. The number of halogens is 1. The van der Waals surface area contributed by atoms with Crippen molar-refractivity contribution in [3.8, 4) is 0 Å². The number of aromatic nitrogens is 2. The Kier molecular flexibility index (Phi) is 5.23. The van der Waals surface area contributed by atoms with Gasteiger partial charge in [0.15, 0.2) is 5.82 Å². The molecule has 1 aromatic carbocycles. The lowest BCUT2D eigenvalue weighted by Crippen LogP contribution is -2.15. The molecule has 0 bridgehead atoms. The Hall–Kier alpha value is -2.26. The number of ether oxygens (including phenoxy) is 1. The van der Waals surface area contributed by atoms with Crippen LogP contribution in [0, 0.1) is 5.82 Å². The normalized spacial score (nSPS) is 11.2. The van der Waals surface area contributed by atoms with E-state index in [1.807, 2.05) is 0 Å². The van der Waals surface area contributed by atoms with Crippen LogP contribution in [0.3, 0.4) is 0 Å². The Bertz CT molecular complexity index is 705. The second-order valence-corrected chi connectivity index (χ2v) is 5.97. The topological polar surface area (TPSA) is 93.2 Å². The van der Waals surface area contributed by atoms with Gasteiger partial charge < -0.3 is 10.1 Å². The molecule has 0 aliphatic heterocycles. The Morgan fingerprint density at radius 3 is 2.32 bits per heavy atom. The quantitative estimate of drug-likeness (QED) is 0.749. The molecule has 0 unspecified atom stereocenters. The van der Waals surface area contributed by atoms with Crippen molar-refractivity contribution in [2.45, 2.75) is 4.90 Å². The van der Waals surface area contributed by atoms with Gasteiger partial charge in [0.2, 0.25) is 0 Å². The van der Waals surface area contributed by atoms with Gasteiger partial charge in [0.05, 0.1) is 11.5 Å². The lowest BCUT2D eigenvalue weighted by atomic mass is 10.4. The molecule has 1 aromatic heterocycles. The first kappa shape index (κ1) is 16.1. The summed E-state index contributed by atoms with van der Waals surface area (Å²) in [5, 5.41) is 10.6. The summed E-state index contributed by atoms with van der Waals surface area (Å²) < 4.78 is 44.1. The highest BCUT2D eigenvalue weighted by Crippen LogP contribution is 2.15. The minimum Gasteiger partial charge on any atom is -0.383 e. The van der Waals surface area contributed by atoms with Gasteiger partial charge in [-0.15, -0.1) is 10.2 Å². The van der Waals surface area contributed by atoms with E-state index in [4.69, 9.17) is 4.74 Å². The third-order valence-electron chi connectivity index (χ3n) is 2.64. The number of nitrogens with zero attached hydrogens (tertiary/aromatic N) is 2. The zero-order chi connectivity index (χ0) is 16.0. The van der Waals surface area contributed by atoms with Crippen LogP contribution in [-0.4, -0.2) is 38.9 Å². The molecule has 22 heavy (non-hydrogen) atoms. The molecule has 2 N–H and O–H groups in total. The molecule has 0 aliphatic rings. The molecule has 0 saturated carbocycles. The van der Waals surface area contributed by atoms with Crippen LogP contribution in [0.2, 0.25) is 0 Å². The van der Waals surface area contributed by atoms with Gasteiger partial charge in [0.25, 0.3) is 10.0 Å². The van der Waals surface area contributed by atoms with Crippen molar-refractivity contribution in [3.63, 3.8) is 0 Å². The summed E-state index contributed by atoms with van der Waals surface area (Å²) in [5.41, 5.74) is 0. The highest BCUT2D eigenvalue weighted by atomic mass is 32.2. The largest absolute Gasteiger partial charge is 0.383 e. The fourth-order valence-corrected chi connectivity index (χ4v) is 2.57. The summed E-state index contributed by atoms with van der Waals surface area (Å²) in [6.07, 6.45) is 0. The Balaban J connectivity index is 2.05. The van der Waals surface area contributed by atoms with E-state index in [9.17, 15) is 12.8 Å². The smallest absolute Gasteiger partial charge is 0.263 e. The molecule has 0 aliphatic carbocycles. The van der Waals surface area contributed by atoms with Gasteiger partial charge in [-0.1, -0.05) is 0 Å². The Morgan fingerprint density at radius 2 is 1.73 bits per heavy atom. The van der Waals surface area contributed by atoms with Crippen LogP contribution in [0.25, 0.3) is 0 Å². The third kappa shape index (κ3) is 4.37. The second-order valence-electron chi connectivity index (χ2n) is 4.28. The molecule has 2 rings (SSSR count). The van der Waals surface area contributed by atoms with Crippen molar-refractivity contribution in [1.82, 2.24) is 10.2 Å². The summed E-state index contributed by atoms with van der Waals surface area (Å²) >= 11 is 0. The average molecular weight is 326 g/mol. The van der Waals surface area contributed by atoms with Crippen LogP contribution in [0.1, 0.15) is 0 Å². The predicted octanol–water partition coefficient (Wildman–Crippen LogP) is 1.47. The number of methoxy groups -OCH3 is 1. The van der Waals surface area contributed by atoms with Gasteiger partial charge in [0.1, 0.15) is 11.6 Å². The number of rotatable bonds is 7. The molecular formula is C13H15FN4O3S. The monoisotopic (exact) mass is 326 g/mol. The SMILES string of the molecule is COCCNc1ccc(NS(=O)(=O)c2ccc(F)cc2)nn1. The fraction of sp³-hybridized carbons (Fsp3) is 0.231. The summed E-state index contributed by atoms with van der Waals surface area (Å²) in [4.78, 5) is -0.0574. The molecule has 0 amide bonds. The average Bonchev–Trinajstić information content (AvgIpc) is 2.49. The van der Waals surface area contributed by atoms with Crippen molar-refractivity contribution in [2.24, 2.45) is 0 Å². The second kappa shape index (κ2) is 7.14. The maximum absolute atomic E-state index is 12.8. The van der Waals surface area contributed by atoms with Gasteiger partial charge in [-0.25, -0.2) is 12.8 Å². The van der Waals surface area contributed by atoms with E-state index in [2.05, 4.69) is 20.2 Å². The zero-order valence-electron chi connectivity index (χ0n) is 11.8. The number of hydrogen-bond donors (Lipinski definition) is 2. The molecular weight excluding hydrogens is 311 g/mol. The molecule has 0 radical (unpaired) electrons. The molecule has 9 heteroatoms. The lowest BCUT2D eigenvalue weighted by Gasteiger charge is -2.08. The van der Waals surface area contributed by atoms with Crippen molar-refractivity contribution in [2.75, 3.05) is 30.3 Å². The predicted molar refractivity (Wildman–Crippen MR) is 79.6 cm³/mol. The molecule has 118 valence electrons. The van der Waals surface area contributed by atoms with Crippen molar-refractivity contribution in [1.29, 1.82) is 0 Å². The number of sulfonamides is 1. The first-order chi connectivity index (χ1) is 10.5. The summed E-state index contributed by atoms with van der Waals surface area (Å²) in [6.45, 7) is 1.08. The first-order valence-electron chi connectivity index (χ1n) is 6.36. The van der Waals surface area contributed by atoms with Crippen LogP contribution in [0.15, 0.2) is 41.3 Å². The van der Waals surface area contributed by atoms with E-state index in [-0.39, 0.29) is 10.7 Å². The molecule has 0 saturated heterocycles. The van der Waals surface area contributed by atoms with Gasteiger partial charge in [-0.05, 0) is 36.4 Å². The first-order valence-corrected chi connectivity index (χ1v) is 7.84. The van der Waals surface area contributed by atoms with E-state index in [1.165, 1.54) is 18.2 Å². The highest BCUT2D eigenvalue weighted by molar-refractivity contribution is 7.92.